The lowest BCUT2D eigenvalue weighted by atomic mass is 9.98. The minimum atomic E-state index is -0.110. The molecule has 1 saturated carbocycles. The highest BCUT2D eigenvalue weighted by atomic mass is 16.5. The number of hydrogen-bond acceptors (Lipinski definition) is 3. The number of ether oxygens (including phenoxy) is 2. The standard InChI is InChI=1S/C17H24O3/c1-19-15-11-9-14(10-12-15)13-17(18)20-16-7-5-3-2-4-6-8-16/h9-12,16H,2-8,13H2,1H3. The van der Waals surface area contributed by atoms with Gasteiger partial charge in [-0.2, -0.15) is 0 Å². The van der Waals surface area contributed by atoms with Crippen LogP contribution < -0.4 is 4.74 Å². The number of rotatable bonds is 4. The lowest BCUT2D eigenvalue weighted by molar-refractivity contribution is -0.149. The Labute approximate surface area is 121 Å². The van der Waals surface area contributed by atoms with Gasteiger partial charge in [-0.05, 0) is 43.4 Å². The summed E-state index contributed by atoms with van der Waals surface area (Å²) in [6.07, 6.45) is 8.75. The first kappa shape index (κ1) is 14.9. The Hall–Kier alpha value is -1.51. The Morgan fingerprint density at radius 1 is 1.05 bits per heavy atom. The highest BCUT2D eigenvalue weighted by Gasteiger charge is 2.16. The van der Waals surface area contributed by atoms with Gasteiger partial charge in [0.05, 0.1) is 13.5 Å². The Morgan fingerprint density at radius 3 is 2.25 bits per heavy atom. The SMILES string of the molecule is COc1ccc(CC(=O)OC2CCCCCCC2)cc1. The van der Waals surface area contributed by atoms with E-state index in [2.05, 4.69) is 0 Å². The maximum absolute atomic E-state index is 12.0. The van der Waals surface area contributed by atoms with Crippen molar-refractivity contribution in [1.82, 2.24) is 0 Å². The molecule has 1 aliphatic rings. The molecule has 20 heavy (non-hydrogen) atoms. The third kappa shape index (κ3) is 4.87. The molecule has 2 rings (SSSR count). The van der Waals surface area contributed by atoms with Crippen molar-refractivity contribution in [3.63, 3.8) is 0 Å². The molecule has 1 aromatic carbocycles. The highest BCUT2D eigenvalue weighted by molar-refractivity contribution is 5.72. The Bertz CT molecular complexity index is 403. The first-order valence-corrected chi connectivity index (χ1v) is 7.60. The van der Waals surface area contributed by atoms with Crippen LogP contribution in [0.25, 0.3) is 0 Å². The monoisotopic (exact) mass is 276 g/mol. The smallest absolute Gasteiger partial charge is 0.310 e. The number of esters is 1. The molecule has 0 radical (unpaired) electrons. The van der Waals surface area contributed by atoms with E-state index < -0.39 is 0 Å². The zero-order valence-electron chi connectivity index (χ0n) is 12.3. The molecule has 110 valence electrons. The summed E-state index contributed by atoms with van der Waals surface area (Å²) in [5.41, 5.74) is 0.974. The topological polar surface area (TPSA) is 35.5 Å². The van der Waals surface area contributed by atoms with Crippen LogP contribution in [0.3, 0.4) is 0 Å². The van der Waals surface area contributed by atoms with Crippen molar-refractivity contribution in [2.24, 2.45) is 0 Å². The minimum absolute atomic E-state index is 0.110. The van der Waals surface area contributed by atoms with Crippen LogP contribution in [-0.2, 0) is 16.0 Å². The van der Waals surface area contributed by atoms with Gasteiger partial charge in [0.15, 0.2) is 0 Å². The first-order chi connectivity index (χ1) is 9.78. The summed E-state index contributed by atoms with van der Waals surface area (Å²) in [4.78, 5) is 12.0. The van der Waals surface area contributed by atoms with Crippen molar-refractivity contribution in [3.8, 4) is 5.75 Å². The second-order valence-electron chi connectivity index (χ2n) is 5.48. The van der Waals surface area contributed by atoms with Crippen LogP contribution in [0.2, 0.25) is 0 Å². The predicted molar refractivity (Wildman–Crippen MR) is 78.9 cm³/mol. The first-order valence-electron chi connectivity index (χ1n) is 7.60. The lowest BCUT2D eigenvalue weighted by Gasteiger charge is -2.20. The summed E-state index contributed by atoms with van der Waals surface area (Å²) in [6.45, 7) is 0. The summed E-state index contributed by atoms with van der Waals surface area (Å²) in [7, 11) is 1.64. The van der Waals surface area contributed by atoms with E-state index in [9.17, 15) is 4.79 Å². The van der Waals surface area contributed by atoms with Gasteiger partial charge >= 0.3 is 5.97 Å². The zero-order chi connectivity index (χ0) is 14.2. The maximum Gasteiger partial charge on any atom is 0.310 e. The van der Waals surface area contributed by atoms with Crippen LogP contribution in [0.1, 0.15) is 50.5 Å². The summed E-state index contributed by atoms with van der Waals surface area (Å²) >= 11 is 0. The second kappa shape index (κ2) is 7.93. The van der Waals surface area contributed by atoms with Crippen molar-refractivity contribution in [1.29, 1.82) is 0 Å². The molecule has 0 aromatic heterocycles. The van der Waals surface area contributed by atoms with Crippen molar-refractivity contribution in [3.05, 3.63) is 29.8 Å². The molecule has 1 aromatic rings. The molecule has 0 spiro atoms. The fourth-order valence-electron chi connectivity index (χ4n) is 2.67. The minimum Gasteiger partial charge on any atom is -0.497 e. The van der Waals surface area contributed by atoms with Crippen molar-refractivity contribution in [2.45, 2.75) is 57.5 Å². The van der Waals surface area contributed by atoms with Gasteiger partial charge in [-0.15, -0.1) is 0 Å². The quantitative estimate of drug-likeness (QED) is 0.783. The zero-order valence-corrected chi connectivity index (χ0v) is 12.3. The van der Waals surface area contributed by atoms with Gasteiger partial charge in [-0.3, -0.25) is 4.79 Å². The maximum atomic E-state index is 12.0. The van der Waals surface area contributed by atoms with Crippen LogP contribution in [0.15, 0.2) is 24.3 Å². The summed E-state index contributed by atoms with van der Waals surface area (Å²) in [5.74, 6) is 0.697. The number of methoxy groups -OCH3 is 1. The molecule has 0 unspecified atom stereocenters. The number of hydrogen-bond donors (Lipinski definition) is 0. The van der Waals surface area contributed by atoms with Gasteiger partial charge in [-0.25, -0.2) is 0 Å². The molecule has 1 aliphatic carbocycles. The molecular formula is C17H24O3. The van der Waals surface area contributed by atoms with Crippen LogP contribution in [0, 0.1) is 0 Å². The molecule has 0 aliphatic heterocycles. The average molecular weight is 276 g/mol. The van der Waals surface area contributed by atoms with Crippen molar-refractivity contribution in [2.75, 3.05) is 7.11 Å². The molecule has 0 amide bonds. The third-order valence-electron chi connectivity index (χ3n) is 3.86. The number of carbonyl (C=O) groups excluding carboxylic acids is 1. The normalized spacial score (nSPS) is 17.1. The number of benzene rings is 1. The molecule has 0 bridgehead atoms. The van der Waals surface area contributed by atoms with Crippen LogP contribution in [-0.4, -0.2) is 19.2 Å². The van der Waals surface area contributed by atoms with E-state index in [0.717, 1.165) is 24.2 Å². The van der Waals surface area contributed by atoms with Gasteiger partial charge in [-0.1, -0.05) is 31.4 Å². The van der Waals surface area contributed by atoms with Gasteiger partial charge in [0.2, 0.25) is 0 Å². The van der Waals surface area contributed by atoms with Gasteiger partial charge in [0, 0.05) is 0 Å². The number of carbonyl (C=O) groups is 1. The third-order valence-corrected chi connectivity index (χ3v) is 3.86. The van der Waals surface area contributed by atoms with Gasteiger partial charge in [0.25, 0.3) is 0 Å². The van der Waals surface area contributed by atoms with E-state index >= 15 is 0 Å². The van der Waals surface area contributed by atoms with E-state index in [1.807, 2.05) is 24.3 Å². The molecule has 0 atom stereocenters. The molecule has 0 N–H and O–H groups in total. The van der Waals surface area contributed by atoms with E-state index in [1.165, 1.54) is 32.1 Å². The van der Waals surface area contributed by atoms with Crippen LogP contribution in [0.4, 0.5) is 0 Å². The summed E-state index contributed by atoms with van der Waals surface area (Å²) in [6, 6.07) is 7.58. The Morgan fingerprint density at radius 2 is 1.65 bits per heavy atom. The summed E-state index contributed by atoms with van der Waals surface area (Å²) < 4.78 is 10.7. The van der Waals surface area contributed by atoms with E-state index in [0.29, 0.717) is 6.42 Å². The summed E-state index contributed by atoms with van der Waals surface area (Å²) in [5, 5.41) is 0. The van der Waals surface area contributed by atoms with E-state index in [1.54, 1.807) is 7.11 Å². The van der Waals surface area contributed by atoms with Gasteiger partial charge < -0.3 is 9.47 Å². The molecular weight excluding hydrogens is 252 g/mol. The molecule has 0 saturated heterocycles. The van der Waals surface area contributed by atoms with Crippen LogP contribution in [0.5, 0.6) is 5.75 Å². The molecule has 3 nitrogen and oxygen atoms in total. The Kier molecular flexibility index (Phi) is 5.90. The molecule has 3 heteroatoms. The van der Waals surface area contributed by atoms with E-state index in [4.69, 9.17) is 9.47 Å². The predicted octanol–water partition coefficient (Wildman–Crippen LogP) is 3.89. The van der Waals surface area contributed by atoms with Gasteiger partial charge in [0.1, 0.15) is 11.9 Å². The molecule has 0 heterocycles. The van der Waals surface area contributed by atoms with Crippen LogP contribution >= 0.6 is 0 Å². The Balaban J connectivity index is 1.81. The van der Waals surface area contributed by atoms with Crippen molar-refractivity contribution < 1.29 is 14.3 Å². The second-order valence-corrected chi connectivity index (χ2v) is 5.48. The fraction of sp³-hybridized carbons (Fsp3) is 0.588. The average Bonchev–Trinajstić information content (AvgIpc) is 2.42. The van der Waals surface area contributed by atoms with Crippen molar-refractivity contribution >= 4 is 5.97 Å². The highest BCUT2D eigenvalue weighted by Crippen LogP contribution is 2.20. The van der Waals surface area contributed by atoms with E-state index in [-0.39, 0.29) is 12.1 Å². The molecule has 1 fully saturated rings. The lowest BCUT2D eigenvalue weighted by Crippen LogP contribution is -2.20. The largest absolute Gasteiger partial charge is 0.497 e. The fourth-order valence-corrected chi connectivity index (χ4v) is 2.67.